The third-order valence-corrected chi connectivity index (χ3v) is 6.72. The van der Waals surface area contributed by atoms with Crippen LogP contribution in [0.15, 0.2) is 30.3 Å². The van der Waals surface area contributed by atoms with Gasteiger partial charge >= 0.3 is 0 Å². The first-order valence-corrected chi connectivity index (χ1v) is 12.5. The van der Waals surface area contributed by atoms with Crippen LogP contribution in [0.4, 0.5) is 20.5 Å². The van der Waals surface area contributed by atoms with E-state index in [1.54, 1.807) is 12.1 Å². The molecule has 2 atom stereocenters. The first-order chi connectivity index (χ1) is 17.5. The summed E-state index contributed by atoms with van der Waals surface area (Å²) in [5.74, 6) is 1.14. The number of anilines is 2. The molecule has 8 nitrogen and oxygen atoms in total. The monoisotopic (exact) mass is 498 g/mol. The number of nitrogens with one attached hydrogen (secondary N) is 1. The molecule has 4 heterocycles. The number of fused-ring (bicyclic) bond motifs is 1. The van der Waals surface area contributed by atoms with Gasteiger partial charge in [-0.2, -0.15) is 9.97 Å². The Morgan fingerprint density at radius 1 is 0.972 bits per heavy atom. The summed E-state index contributed by atoms with van der Waals surface area (Å²) in [7, 11) is 0. The quantitative estimate of drug-likeness (QED) is 0.498. The van der Waals surface area contributed by atoms with Crippen LogP contribution in [0.3, 0.4) is 0 Å². The van der Waals surface area contributed by atoms with Gasteiger partial charge in [0.2, 0.25) is 5.95 Å². The summed E-state index contributed by atoms with van der Waals surface area (Å²) >= 11 is 0. The zero-order valence-electron chi connectivity index (χ0n) is 20.7. The van der Waals surface area contributed by atoms with E-state index in [1.807, 2.05) is 12.1 Å². The Hall–Kier alpha value is -2.95. The second-order valence-electron chi connectivity index (χ2n) is 9.32. The number of hydrogen-bond donors (Lipinski definition) is 1. The lowest BCUT2D eigenvalue weighted by Gasteiger charge is -2.37. The summed E-state index contributed by atoms with van der Waals surface area (Å²) in [6.07, 6.45) is 0. The van der Waals surface area contributed by atoms with Crippen molar-refractivity contribution in [3.63, 3.8) is 0 Å². The molecule has 0 radical (unpaired) electrons. The molecule has 0 saturated carbocycles. The number of hydrogen-bond acceptors (Lipinski definition) is 8. The van der Waals surface area contributed by atoms with E-state index < -0.39 is 6.67 Å². The molecule has 192 valence electrons. The maximum Gasteiger partial charge on any atom is 0.229 e. The van der Waals surface area contributed by atoms with E-state index in [0.29, 0.717) is 55.8 Å². The van der Waals surface area contributed by atoms with Gasteiger partial charge in [0.1, 0.15) is 18.3 Å². The van der Waals surface area contributed by atoms with Crippen LogP contribution in [0.2, 0.25) is 0 Å². The van der Waals surface area contributed by atoms with Crippen LogP contribution < -0.4 is 15.1 Å². The number of benzene rings is 1. The van der Waals surface area contributed by atoms with E-state index in [2.05, 4.69) is 29.0 Å². The molecule has 10 heteroatoms. The highest BCUT2D eigenvalue weighted by molar-refractivity contribution is 5.90. The molecule has 2 saturated heterocycles. The Morgan fingerprint density at radius 2 is 1.72 bits per heavy atom. The van der Waals surface area contributed by atoms with Crippen LogP contribution in [0.25, 0.3) is 22.3 Å². The van der Waals surface area contributed by atoms with Gasteiger partial charge in [-0.3, -0.25) is 0 Å². The van der Waals surface area contributed by atoms with Gasteiger partial charge in [-0.1, -0.05) is 0 Å². The van der Waals surface area contributed by atoms with Gasteiger partial charge in [-0.25, -0.2) is 13.8 Å². The molecule has 0 unspecified atom stereocenters. The second-order valence-corrected chi connectivity index (χ2v) is 9.32. The van der Waals surface area contributed by atoms with Crippen LogP contribution >= 0.6 is 0 Å². The van der Waals surface area contributed by atoms with Crippen molar-refractivity contribution in [1.29, 1.82) is 0 Å². The summed E-state index contributed by atoms with van der Waals surface area (Å²) in [5.41, 5.74) is 2.52. The molecule has 1 N–H and O–H groups in total. The third kappa shape index (κ3) is 5.11. The van der Waals surface area contributed by atoms with Crippen molar-refractivity contribution in [3.05, 3.63) is 41.7 Å². The van der Waals surface area contributed by atoms with E-state index >= 15 is 0 Å². The standard InChI is InChI=1S/C26H32F2N6O2/c1-17-15-35-11-9-33(17)25-21-4-6-23(19-3-5-22(28)20(13-19)14-29-8-7-27)30-24(21)31-26(32-25)34-10-12-36-16-18(34)2/h3-6,13,17-18,29H,7-12,14-16H2,1-2H3/t17-,18-/m0/s1. The van der Waals surface area contributed by atoms with Crippen LogP contribution in [-0.2, 0) is 16.0 Å². The van der Waals surface area contributed by atoms with Crippen molar-refractivity contribution in [2.45, 2.75) is 32.5 Å². The van der Waals surface area contributed by atoms with Crippen molar-refractivity contribution in [2.75, 3.05) is 62.5 Å². The Kier molecular flexibility index (Phi) is 7.54. The number of alkyl halides is 1. The average molecular weight is 499 g/mol. The molecule has 2 fully saturated rings. The van der Waals surface area contributed by atoms with Gasteiger partial charge in [0.05, 0.1) is 49.6 Å². The van der Waals surface area contributed by atoms with Crippen LogP contribution in [0, 0.1) is 5.82 Å². The lowest BCUT2D eigenvalue weighted by Crippen LogP contribution is -2.46. The summed E-state index contributed by atoms with van der Waals surface area (Å²) < 4.78 is 38.1. The largest absolute Gasteiger partial charge is 0.377 e. The highest BCUT2D eigenvalue weighted by atomic mass is 19.1. The molecular formula is C26H32F2N6O2. The second kappa shape index (κ2) is 11.0. The van der Waals surface area contributed by atoms with Crippen LogP contribution in [-0.4, -0.2) is 79.8 Å². The van der Waals surface area contributed by atoms with Crippen molar-refractivity contribution in [3.8, 4) is 11.3 Å². The number of aromatic nitrogens is 3. The van der Waals surface area contributed by atoms with E-state index in [0.717, 1.165) is 23.3 Å². The number of halogens is 2. The number of pyridine rings is 1. The van der Waals surface area contributed by atoms with Crippen molar-refractivity contribution in [1.82, 2.24) is 20.3 Å². The summed E-state index contributed by atoms with van der Waals surface area (Å²) in [5, 5.41) is 3.77. The Morgan fingerprint density at radius 3 is 2.44 bits per heavy atom. The van der Waals surface area contributed by atoms with Gasteiger partial charge in [0.15, 0.2) is 5.65 Å². The maximum absolute atomic E-state index is 14.4. The summed E-state index contributed by atoms with van der Waals surface area (Å²) in [6.45, 7) is 8.11. The first kappa shape index (κ1) is 24.7. The van der Waals surface area contributed by atoms with E-state index in [-0.39, 0.29) is 31.0 Å². The van der Waals surface area contributed by atoms with Gasteiger partial charge in [-0.05, 0) is 44.2 Å². The number of nitrogens with zero attached hydrogens (tertiary/aromatic N) is 5. The third-order valence-electron chi connectivity index (χ3n) is 6.72. The molecule has 0 spiro atoms. The van der Waals surface area contributed by atoms with Crippen LogP contribution in [0.5, 0.6) is 0 Å². The van der Waals surface area contributed by atoms with Gasteiger partial charge in [0.25, 0.3) is 0 Å². The predicted octanol–water partition coefficient (Wildman–Crippen LogP) is 3.34. The fourth-order valence-electron chi connectivity index (χ4n) is 4.72. The molecule has 0 bridgehead atoms. The Balaban J connectivity index is 1.58. The lowest BCUT2D eigenvalue weighted by molar-refractivity contribution is 0.0973. The molecule has 2 aliphatic heterocycles. The zero-order valence-corrected chi connectivity index (χ0v) is 20.7. The molecule has 0 aliphatic carbocycles. The lowest BCUT2D eigenvalue weighted by atomic mass is 10.1. The van der Waals surface area contributed by atoms with Crippen molar-refractivity contribution >= 4 is 22.8 Å². The number of rotatable bonds is 7. The average Bonchev–Trinajstić information content (AvgIpc) is 2.89. The minimum atomic E-state index is -0.499. The Labute approximate surface area is 209 Å². The number of morpholine rings is 2. The molecule has 3 aromatic rings. The minimum Gasteiger partial charge on any atom is -0.377 e. The highest BCUT2D eigenvalue weighted by Crippen LogP contribution is 2.31. The van der Waals surface area contributed by atoms with Crippen molar-refractivity contribution < 1.29 is 18.3 Å². The predicted molar refractivity (Wildman–Crippen MR) is 136 cm³/mol. The van der Waals surface area contributed by atoms with E-state index in [9.17, 15) is 8.78 Å². The van der Waals surface area contributed by atoms with E-state index in [1.165, 1.54) is 6.07 Å². The SMILES string of the molecule is C[C@H]1COCCN1c1nc(N2CCOC[C@@H]2C)c2ccc(-c3ccc(F)c(CNCCF)c3)nc2n1. The normalized spacial score (nSPS) is 20.8. The maximum atomic E-state index is 14.4. The molecule has 0 amide bonds. The Bertz CT molecular complexity index is 1210. The molecule has 36 heavy (non-hydrogen) atoms. The van der Waals surface area contributed by atoms with Gasteiger partial charge in [-0.15, -0.1) is 0 Å². The molecule has 1 aromatic carbocycles. The van der Waals surface area contributed by atoms with Gasteiger partial charge in [0, 0.05) is 37.3 Å². The fraction of sp³-hybridized carbons (Fsp3) is 0.500. The molecule has 2 aliphatic rings. The smallest absolute Gasteiger partial charge is 0.229 e. The van der Waals surface area contributed by atoms with E-state index in [4.69, 9.17) is 24.4 Å². The van der Waals surface area contributed by atoms with Crippen molar-refractivity contribution in [2.24, 2.45) is 0 Å². The number of ether oxygens (including phenoxy) is 2. The molecular weight excluding hydrogens is 466 g/mol. The minimum absolute atomic E-state index is 0.144. The summed E-state index contributed by atoms with van der Waals surface area (Å²) in [4.78, 5) is 19.2. The van der Waals surface area contributed by atoms with Crippen LogP contribution in [0.1, 0.15) is 19.4 Å². The first-order valence-electron chi connectivity index (χ1n) is 12.5. The van der Waals surface area contributed by atoms with Gasteiger partial charge < -0.3 is 24.6 Å². The topological polar surface area (TPSA) is 75.6 Å². The zero-order chi connectivity index (χ0) is 25.1. The molecule has 5 rings (SSSR count). The molecule has 2 aromatic heterocycles. The summed E-state index contributed by atoms with van der Waals surface area (Å²) in [6, 6.07) is 9.12. The highest BCUT2D eigenvalue weighted by Gasteiger charge is 2.27. The fourth-order valence-corrected chi connectivity index (χ4v) is 4.72.